The number of hydrogen-bond donors (Lipinski definition) is 2. The monoisotopic (exact) mass is 394 g/mol. The van der Waals surface area contributed by atoms with Gasteiger partial charge in [0.2, 0.25) is 5.91 Å². The Morgan fingerprint density at radius 3 is 2.46 bits per heavy atom. The van der Waals surface area contributed by atoms with E-state index in [1.165, 1.54) is 12.1 Å². The van der Waals surface area contributed by atoms with E-state index in [9.17, 15) is 22.8 Å². The van der Waals surface area contributed by atoms with Gasteiger partial charge in [0.15, 0.2) is 0 Å². The number of amides is 1. The number of rotatable bonds is 7. The van der Waals surface area contributed by atoms with Crippen molar-refractivity contribution in [1.82, 2.24) is 0 Å². The van der Waals surface area contributed by atoms with E-state index in [1.54, 1.807) is 19.9 Å². The maximum absolute atomic E-state index is 12.7. The second-order valence-electron chi connectivity index (χ2n) is 6.02. The Labute approximate surface area is 155 Å². The smallest absolute Gasteiger partial charge is 0.393 e. The molecule has 26 heavy (non-hydrogen) atoms. The molecule has 9 heteroatoms. The third-order valence-electron chi connectivity index (χ3n) is 3.88. The molecule has 1 rings (SSSR count). The van der Waals surface area contributed by atoms with Crippen LogP contribution in [0.4, 0.5) is 18.9 Å². The Morgan fingerprint density at radius 2 is 1.92 bits per heavy atom. The quantitative estimate of drug-likeness (QED) is 0.693. The number of ether oxygens (including phenoxy) is 1. The van der Waals surface area contributed by atoms with Crippen molar-refractivity contribution in [2.75, 3.05) is 11.9 Å². The number of nitrogens with one attached hydrogen (secondary N) is 1. The molecule has 1 aromatic rings. The van der Waals surface area contributed by atoms with Crippen LogP contribution in [0.5, 0.6) is 0 Å². The largest absolute Gasteiger partial charge is 0.466 e. The first-order chi connectivity index (χ1) is 12.0. The fourth-order valence-corrected chi connectivity index (χ4v) is 2.33. The van der Waals surface area contributed by atoms with E-state index in [4.69, 9.17) is 22.1 Å². The maximum Gasteiger partial charge on any atom is 0.393 e. The van der Waals surface area contributed by atoms with E-state index in [1.807, 2.05) is 0 Å². The van der Waals surface area contributed by atoms with Gasteiger partial charge in [0.05, 0.1) is 35.2 Å². The van der Waals surface area contributed by atoms with Crippen molar-refractivity contribution in [3.63, 3.8) is 0 Å². The molecule has 0 aliphatic rings. The van der Waals surface area contributed by atoms with Crippen LogP contribution >= 0.6 is 11.6 Å². The molecule has 1 aromatic carbocycles. The van der Waals surface area contributed by atoms with Gasteiger partial charge >= 0.3 is 12.1 Å². The number of halogens is 4. The highest BCUT2D eigenvalue weighted by molar-refractivity contribution is 6.33. The summed E-state index contributed by atoms with van der Waals surface area (Å²) in [5.41, 5.74) is 6.20. The molecule has 0 spiro atoms. The fraction of sp³-hybridized carbons (Fsp3) is 0.529. The summed E-state index contributed by atoms with van der Waals surface area (Å²) in [6, 6.07) is 2.88. The van der Waals surface area contributed by atoms with Crippen LogP contribution in [0.2, 0.25) is 5.02 Å². The predicted octanol–water partition coefficient (Wildman–Crippen LogP) is 3.55. The van der Waals surface area contributed by atoms with Crippen LogP contribution in [0.3, 0.4) is 0 Å². The SMILES string of the molecule is CCOC(=O)[C@@H](C)Cc1ccc(Cl)c(NC(=O)[C@@H](N)C(C)C(F)(F)F)c1. The van der Waals surface area contributed by atoms with Gasteiger partial charge < -0.3 is 15.8 Å². The van der Waals surface area contributed by atoms with Crippen molar-refractivity contribution in [1.29, 1.82) is 0 Å². The maximum atomic E-state index is 12.7. The van der Waals surface area contributed by atoms with Crippen LogP contribution in [0.25, 0.3) is 0 Å². The molecule has 3 atom stereocenters. The van der Waals surface area contributed by atoms with Crippen molar-refractivity contribution in [2.45, 2.75) is 39.4 Å². The lowest BCUT2D eigenvalue weighted by Gasteiger charge is -2.22. The average Bonchev–Trinajstić information content (AvgIpc) is 2.55. The molecular formula is C17H22ClF3N2O3. The predicted molar refractivity (Wildman–Crippen MR) is 92.8 cm³/mol. The van der Waals surface area contributed by atoms with E-state index in [0.717, 1.165) is 6.92 Å². The van der Waals surface area contributed by atoms with Crippen molar-refractivity contribution >= 4 is 29.2 Å². The lowest BCUT2D eigenvalue weighted by Crippen LogP contribution is -2.46. The molecule has 0 fully saturated rings. The van der Waals surface area contributed by atoms with E-state index in [-0.39, 0.29) is 23.3 Å². The number of hydrogen-bond acceptors (Lipinski definition) is 4. The highest BCUT2D eigenvalue weighted by Crippen LogP contribution is 2.29. The summed E-state index contributed by atoms with van der Waals surface area (Å²) in [7, 11) is 0. The third kappa shape index (κ3) is 6.17. The van der Waals surface area contributed by atoms with Gasteiger partial charge in [-0.15, -0.1) is 0 Å². The second kappa shape index (κ2) is 9.23. The molecule has 0 saturated heterocycles. The first-order valence-electron chi connectivity index (χ1n) is 8.05. The van der Waals surface area contributed by atoms with Crippen molar-refractivity contribution in [3.8, 4) is 0 Å². The number of nitrogens with two attached hydrogens (primary N) is 1. The van der Waals surface area contributed by atoms with Crippen LogP contribution in [0.15, 0.2) is 18.2 Å². The molecule has 3 N–H and O–H groups in total. The highest BCUT2D eigenvalue weighted by atomic mass is 35.5. The molecule has 0 saturated carbocycles. The van der Waals surface area contributed by atoms with Gasteiger partial charge in [-0.2, -0.15) is 13.2 Å². The summed E-state index contributed by atoms with van der Waals surface area (Å²) >= 11 is 5.99. The first kappa shape index (κ1) is 22.2. The van der Waals surface area contributed by atoms with Crippen LogP contribution in [-0.4, -0.2) is 30.7 Å². The molecule has 146 valence electrons. The minimum absolute atomic E-state index is 0.134. The molecule has 5 nitrogen and oxygen atoms in total. The van der Waals surface area contributed by atoms with Crippen molar-refractivity contribution in [3.05, 3.63) is 28.8 Å². The van der Waals surface area contributed by atoms with E-state index in [0.29, 0.717) is 12.0 Å². The van der Waals surface area contributed by atoms with Crippen molar-refractivity contribution < 1.29 is 27.5 Å². The number of carbonyl (C=O) groups excluding carboxylic acids is 2. The van der Waals surface area contributed by atoms with E-state index in [2.05, 4.69) is 5.32 Å². The number of carbonyl (C=O) groups is 2. The van der Waals surface area contributed by atoms with Gasteiger partial charge in [-0.3, -0.25) is 9.59 Å². The molecule has 0 heterocycles. The Balaban J connectivity index is 2.87. The second-order valence-corrected chi connectivity index (χ2v) is 6.42. The van der Waals surface area contributed by atoms with Crippen LogP contribution < -0.4 is 11.1 Å². The molecule has 1 unspecified atom stereocenters. The number of esters is 1. The van der Waals surface area contributed by atoms with Gasteiger partial charge in [0, 0.05) is 0 Å². The van der Waals surface area contributed by atoms with E-state index >= 15 is 0 Å². The Hall–Kier alpha value is -1.80. The number of benzene rings is 1. The van der Waals surface area contributed by atoms with Gasteiger partial charge in [-0.05, 0) is 31.0 Å². The van der Waals surface area contributed by atoms with E-state index < -0.39 is 30.0 Å². The molecule has 0 aliphatic heterocycles. The molecule has 0 bridgehead atoms. The summed E-state index contributed by atoms with van der Waals surface area (Å²) in [6.45, 7) is 4.49. The first-order valence-corrected chi connectivity index (χ1v) is 8.43. The van der Waals surface area contributed by atoms with Crippen LogP contribution in [0.1, 0.15) is 26.3 Å². The van der Waals surface area contributed by atoms with Gasteiger partial charge in [0.25, 0.3) is 0 Å². The molecular weight excluding hydrogens is 373 g/mol. The lowest BCUT2D eigenvalue weighted by atomic mass is 10.00. The Bertz CT molecular complexity index is 653. The summed E-state index contributed by atoms with van der Waals surface area (Å²) in [5, 5.41) is 2.47. The van der Waals surface area contributed by atoms with Crippen LogP contribution in [-0.2, 0) is 20.7 Å². The minimum Gasteiger partial charge on any atom is -0.466 e. The molecule has 0 aliphatic carbocycles. The number of anilines is 1. The van der Waals surface area contributed by atoms with Gasteiger partial charge in [0.1, 0.15) is 0 Å². The molecule has 0 radical (unpaired) electrons. The lowest BCUT2D eigenvalue weighted by molar-refractivity contribution is -0.176. The van der Waals surface area contributed by atoms with Gasteiger partial charge in [-0.1, -0.05) is 31.5 Å². The minimum atomic E-state index is -4.59. The molecule has 0 aromatic heterocycles. The zero-order chi connectivity index (χ0) is 20.1. The Morgan fingerprint density at radius 1 is 1.31 bits per heavy atom. The molecule has 1 amide bonds. The Kier molecular flexibility index (Phi) is 7.89. The van der Waals surface area contributed by atoms with Crippen molar-refractivity contribution in [2.24, 2.45) is 17.6 Å². The topological polar surface area (TPSA) is 81.4 Å². The fourth-order valence-electron chi connectivity index (χ4n) is 2.16. The number of alkyl halides is 3. The summed E-state index contributed by atoms with van der Waals surface area (Å²) in [5.74, 6) is -3.79. The summed E-state index contributed by atoms with van der Waals surface area (Å²) < 4.78 is 43.0. The zero-order valence-electron chi connectivity index (χ0n) is 14.7. The summed E-state index contributed by atoms with van der Waals surface area (Å²) in [6.07, 6.45) is -4.26. The van der Waals surface area contributed by atoms with Crippen LogP contribution in [0, 0.1) is 11.8 Å². The van der Waals surface area contributed by atoms with Gasteiger partial charge in [-0.25, -0.2) is 0 Å². The average molecular weight is 395 g/mol. The highest BCUT2D eigenvalue weighted by Gasteiger charge is 2.42. The third-order valence-corrected chi connectivity index (χ3v) is 4.21. The summed E-state index contributed by atoms with van der Waals surface area (Å²) in [4.78, 5) is 23.7. The normalized spacial score (nSPS) is 15.1. The standard InChI is InChI=1S/C17H22ClF3N2O3/c1-4-26-16(25)9(2)7-11-5-6-12(18)13(8-11)23-15(24)14(22)10(3)17(19,20)21/h5-6,8-10,14H,4,7,22H2,1-3H3,(H,23,24)/t9-,10?,14-/m0/s1. The zero-order valence-corrected chi connectivity index (χ0v) is 15.4.